The Morgan fingerprint density at radius 1 is 1.11 bits per heavy atom. The maximum Gasteiger partial charge on any atom is 0.307 e. The van der Waals surface area contributed by atoms with Gasteiger partial charge in [0.1, 0.15) is 11.5 Å². The molecule has 1 N–H and O–H groups in total. The number of aryl methyl sites for hydroxylation is 1. The summed E-state index contributed by atoms with van der Waals surface area (Å²) in [5.74, 6) is 0.272. The van der Waals surface area contributed by atoms with Gasteiger partial charge in [-0.3, -0.25) is 9.59 Å². The Hall–Kier alpha value is -3.51. The number of hydrogen-bond acceptors (Lipinski definition) is 4. The first-order valence-electron chi connectivity index (χ1n) is 12.1. The lowest BCUT2D eigenvalue weighted by molar-refractivity contribution is -0.136. The number of carbonyl (C=O) groups excluding carboxylic acids is 1. The van der Waals surface area contributed by atoms with Crippen LogP contribution in [0.1, 0.15) is 44.6 Å². The summed E-state index contributed by atoms with van der Waals surface area (Å²) in [7, 11) is 1.52. The number of halogens is 1. The summed E-state index contributed by atoms with van der Waals surface area (Å²) in [4.78, 5) is 27.3. The van der Waals surface area contributed by atoms with E-state index < -0.39 is 5.97 Å². The van der Waals surface area contributed by atoms with Crippen molar-refractivity contribution in [1.29, 1.82) is 0 Å². The number of carboxylic acid groups (broad SMARTS) is 1. The highest BCUT2D eigenvalue weighted by Gasteiger charge is 2.32. The summed E-state index contributed by atoms with van der Waals surface area (Å²) in [6, 6.07) is 11.0. The molecule has 0 bridgehead atoms. The lowest BCUT2D eigenvalue weighted by Crippen LogP contribution is -2.29. The lowest BCUT2D eigenvalue weighted by Gasteiger charge is -2.25. The number of benzene rings is 3. The van der Waals surface area contributed by atoms with E-state index in [1.807, 2.05) is 25.1 Å². The molecule has 1 amide bonds. The summed E-state index contributed by atoms with van der Waals surface area (Å²) in [5, 5.41) is 10.2. The van der Waals surface area contributed by atoms with Gasteiger partial charge in [0.05, 0.1) is 25.7 Å². The van der Waals surface area contributed by atoms with E-state index in [0.717, 1.165) is 57.7 Å². The minimum Gasteiger partial charge on any atom is -0.496 e. The minimum atomic E-state index is -0.880. The predicted molar refractivity (Wildman–Crippen MR) is 140 cm³/mol. The van der Waals surface area contributed by atoms with Crippen molar-refractivity contribution >= 4 is 29.2 Å². The normalized spacial score (nSPS) is 14.2. The van der Waals surface area contributed by atoms with Gasteiger partial charge in [-0.25, -0.2) is 0 Å². The average Bonchev–Trinajstić information content (AvgIpc) is 3.27. The third-order valence-corrected chi connectivity index (χ3v) is 7.47. The number of hydrogen-bond donors (Lipinski definition) is 1. The van der Waals surface area contributed by atoms with Gasteiger partial charge < -0.3 is 19.5 Å². The molecule has 3 aromatic rings. The van der Waals surface area contributed by atoms with Gasteiger partial charge in [0.25, 0.3) is 5.91 Å². The van der Waals surface area contributed by atoms with Gasteiger partial charge in [0.15, 0.2) is 0 Å². The lowest BCUT2D eigenvalue weighted by atomic mass is 9.84. The van der Waals surface area contributed by atoms with E-state index in [-0.39, 0.29) is 12.3 Å². The van der Waals surface area contributed by atoms with Crippen molar-refractivity contribution in [1.82, 2.24) is 0 Å². The highest BCUT2D eigenvalue weighted by molar-refractivity contribution is 6.31. The summed E-state index contributed by atoms with van der Waals surface area (Å²) in [5.41, 5.74) is 8.10. The van der Waals surface area contributed by atoms with Crippen molar-refractivity contribution in [3.63, 3.8) is 0 Å². The molecule has 186 valence electrons. The molecule has 0 aliphatic carbocycles. The average molecular weight is 506 g/mol. The Bertz CT molecular complexity index is 1400. The number of carboxylic acids is 1. The van der Waals surface area contributed by atoms with Gasteiger partial charge in [-0.15, -0.1) is 0 Å². The van der Waals surface area contributed by atoms with E-state index in [2.05, 4.69) is 6.92 Å². The first kappa shape index (κ1) is 24.2. The fourth-order valence-corrected chi connectivity index (χ4v) is 5.67. The van der Waals surface area contributed by atoms with Gasteiger partial charge in [0.2, 0.25) is 0 Å². The summed E-state index contributed by atoms with van der Waals surface area (Å²) < 4.78 is 11.3. The van der Waals surface area contributed by atoms with E-state index >= 15 is 0 Å². The molecule has 7 heteroatoms. The van der Waals surface area contributed by atoms with Crippen LogP contribution in [0.3, 0.4) is 0 Å². The molecule has 0 atom stereocenters. The molecular weight excluding hydrogens is 478 g/mol. The van der Waals surface area contributed by atoms with Crippen molar-refractivity contribution < 1.29 is 24.2 Å². The molecule has 0 spiro atoms. The highest BCUT2D eigenvalue weighted by atomic mass is 35.5. The van der Waals surface area contributed by atoms with Crippen LogP contribution in [-0.4, -0.2) is 37.2 Å². The van der Waals surface area contributed by atoms with Crippen molar-refractivity contribution in [2.45, 2.75) is 39.5 Å². The third-order valence-electron chi connectivity index (χ3n) is 7.24. The van der Waals surface area contributed by atoms with E-state index in [1.165, 1.54) is 12.7 Å². The first-order valence-corrected chi connectivity index (χ1v) is 12.5. The highest BCUT2D eigenvalue weighted by Crippen LogP contribution is 2.45. The van der Waals surface area contributed by atoms with E-state index in [9.17, 15) is 14.7 Å². The predicted octanol–water partition coefficient (Wildman–Crippen LogP) is 5.79. The third kappa shape index (κ3) is 4.09. The molecule has 36 heavy (non-hydrogen) atoms. The molecule has 0 radical (unpaired) electrons. The van der Waals surface area contributed by atoms with Crippen LogP contribution in [0.4, 0.5) is 5.69 Å². The number of carbonyl (C=O) groups is 2. The number of methoxy groups -OCH3 is 1. The maximum absolute atomic E-state index is 13.7. The topological polar surface area (TPSA) is 76.1 Å². The van der Waals surface area contributed by atoms with E-state index in [1.54, 1.807) is 23.1 Å². The number of ether oxygens (including phenoxy) is 2. The Morgan fingerprint density at radius 3 is 2.67 bits per heavy atom. The SMILES string of the molecule is COc1cc(Cl)ccc1C(=O)N1CCc2c1cc(C)c(CC(=O)O)c2-c1ccc2c(c1C)CCCO2. The maximum atomic E-state index is 13.7. The Morgan fingerprint density at radius 2 is 1.92 bits per heavy atom. The summed E-state index contributed by atoms with van der Waals surface area (Å²) in [6.45, 7) is 5.21. The molecule has 0 fully saturated rings. The number of aliphatic carboxylic acids is 1. The zero-order chi connectivity index (χ0) is 25.6. The minimum absolute atomic E-state index is 0.0829. The van der Waals surface area contributed by atoms with Crippen LogP contribution in [0.5, 0.6) is 11.5 Å². The molecular formula is C29H28ClNO5. The van der Waals surface area contributed by atoms with E-state index in [4.69, 9.17) is 21.1 Å². The fraction of sp³-hybridized carbons (Fsp3) is 0.310. The van der Waals surface area contributed by atoms with Gasteiger partial charge in [0, 0.05) is 17.3 Å². The van der Waals surface area contributed by atoms with Crippen LogP contribution >= 0.6 is 11.6 Å². The van der Waals surface area contributed by atoms with Crippen molar-refractivity contribution in [3.8, 4) is 22.6 Å². The molecule has 0 aromatic heterocycles. The molecule has 2 heterocycles. The second-order valence-electron chi connectivity index (χ2n) is 9.33. The zero-order valence-electron chi connectivity index (χ0n) is 20.6. The van der Waals surface area contributed by atoms with Gasteiger partial charge in [-0.1, -0.05) is 17.7 Å². The molecule has 3 aromatic carbocycles. The molecule has 0 saturated heterocycles. The molecule has 2 aliphatic rings. The molecule has 2 aliphatic heterocycles. The standard InChI is InChI=1S/C29H28ClNO5/c1-16-13-24-21(10-11-31(24)29(34)22-7-6-18(30)14-26(22)35-3)28(23(16)15-27(32)33)20-8-9-25-19(17(20)2)5-4-12-36-25/h6-9,13-14H,4-5,10-12,15H2,1-3H3,(H,32,33). The molecule has 5 rings (SSSR count). The van der Waals surface area contributed by atoms with Crippen LogP contribution in [0, 0.1) is 13.8 Å². The van der Waals surface area contributed by atoms with Crippen molar-refractivity contribution in [3.05, 3.63) is 74.8 Å². The number of rotatable bonds is 5. The number of amides is 1. The molecule has 0 saturated carbocycles. The quantitative estimate of drug-likeness (QED) is 0.475. The second kappa shape index (κ2) is 9.51. The number of anilines is 1. The van der Waals surface area contributed by atoms with Crippen molar-refractivity contribution in [2.24, 2.45) is 0 Å². The molecule has 0 unspecified atom stereocenters. The van der Waals surface area contributed by atoms with Crippen LogP contribution in [0.2, 0.25) is 5.02 Å². The van der Waals surface area contributed by atoms with Crippen LogP contribution in [0.25, 0.3) is 11.1 Å². The second-order valence-corrected chi connectivity index (χ2v) is 9.77. The zero-order valence-corrected chi connectivity index (χ0v) is 21.4. The van der Waals surface area contributed by atoms with Gasteiger partial charge >= 0.3 is 5.97 Å². The van der Waals surface area contributed by atoms with Crippen molar-refractivity contribution in [2.75, 3.05) is 25.2 Å². The van der Waals surface area contributed by atoms with Crippen LogP contribution in [-0.2, 0) is 24.1 Å². The summed E-state index contributed by atoms with van der Waals surface area (Å²) >= 11 is 6.11. The summed E-state index contributed by atoms with van der Waals surface area (Å²) in [6.07, 6.45) is 2.43. The monoisotopic (exact) mass is 505 g/mol. The van der Waals surface area contributed by atoms with Gasteiger partial charge in [-0.05, 0) is 102 Å². The number of fused-ring (bicyclic) bond motifs is 2. The van der Waals surface area contributed by atoms with E-state index in [0.29, 0.717) is 35.9 Å². The Balaban J connectivity index is 1.68. The fourth-order valence-electron chi connectivity index (χ4n) is 5.51. The number of nitrogens with zero attached hydrogens (tertiary/aromatic N) is 1. The smallest absolute Gasteiger partial charge is 0.307 e. The molecule has 6 nitrogen and oxygen atoms in total. The van der Waals surface area contributed by atoms with Crippen LogP contribution in [0.15, 0.2) is 36.4 Å². The Kier molecular flexibility index (Phi) is 6.39. The first-order chi connectivity index (χ1) is 17.3. The van der Waals surface area contributed by atoms with Crippen LogP contribution < -0.4 is 14.4 Å². The Labute approximate surface area is 215 Å². The van der Waals surface area contributed by atoms with Gasteiger partial charge in [-0.2, -0.15) is 0 Å². The largest absolute Gasteiger partial charge is 0.496 e.